The minimum Gasteiger partial charge on any atom is -0.373 e. The van der Waals surface area contributed by atoms with Gasteiger partial charge in [-0.15, -0.1) is 0 Å². The molecule has 0 aliphatic carbocycles. The molecular formula is C9H18N2O. The van der Waals surface area contributed by atoms with E-state index in [4.69, 9.17) is 10.5 Å². The predicted molar refractivity (Wildman–Crippen MR) is 48.0 cm³/mol. The van der Waals surface area contributed by atoms with Gasteiger partial charge in [-0.1, -0.05) is 0 Å². The van der Waals surface area contributed by atoms with Crippen molar-refractivity contribution in [1.82, 2.24) is 4.90 Å². The van der Waals surface area contributed by atoms with Gasteiger partial charge in [-0.2, -0.15) is 0 Å². The summed E-state index contributed by atoms with van der Waals surface area (Å²) in [4.78, 5) is 2.33. The molecule has 1 spiro atoms. The molecule has 2 fully saturated rings. The molecule has 0 amide bonds. The Labute approximate surface area is 73.9 Å². The quantitative estimate of drug-likeness (QED) is 0.564. The van der Waals surface area contributed by atoms with Gasteiger partial charge in [0, 0.05) is 25.7 Å². The molecule has 2 rings (SSSR count). The molecule has 2 saturated heterocycles. The Kier molecular flexibility index (Phi) is 2.10. The molecule has 0 unspecified atom stereocenters. The Morgan fingerprint density at radius 1 is 1.58 bits per heavy atom. The third-order valence-electron chi connectivity index (χ3n) is 3.04. The maximum Gasteiger partial charge on any atom is 0.0835 e. The van der Waals surface area contributed by atoms with E-state index in [1.54, 1.807) is 0 Å². The van der Waals surface area contributed by atoms with Crippen LogP contribution in [0.4, 0.5) is 0 Å². The van der Waals surface area contributed by atoms with Crippen LogP contribution >= 0.6 is 0 Å². The molecule has 3 heteroatoms. The average Bonchev–Trinajstić information content (AvgIpc) is 2.32. The number of nitrogens with two attached hydrogens (primary N) is 1. The van der Waals surface area contributed by atoms with Crippen LogP contribution in [-0.4, -0.2) is 43.3 Å². The SMILES string of the molecule is CN1CC[C@@]2(C[C@@H](N)CCO2)C1. The Hall–Kier alpha value is -0.120. The van der Waals surface area contributed by atoms with Crippen molar-refractivity contribution >= 4 is 0 Å². The largest absolute Gasteiger partial charge is 0.373 e. The molecule has 0 bridgehead atoms. The van der Waals surface area contributed by atoms with Crippen LogP contribution in [0.5, 0.6) is 0 Å². The normalized spacial score (nSPS) is 44.0. The van der Waals surface area contributed by atoms with Crippen molar-refractivity contribution in [3.8, 4) is 0 Å². The first-order valence-corrected chi connectivity index (χ1v) is 4.78. The maximum atomic E-state index is 5.94. The lowest BCUT2D eigenvalue weighted by Gasteiger charge is -2.36. The summed E-state index contributed by atoms with van der Waals surface area (Å²) in [5.74, 6) is 0. The first kappa shape index (κ1) is 8.48. The fourth-order valence-electron chi connectivity index (χ4n) is 2.39. The molecule has 0 aromatic carbocycles. The van der Waals surface area contributed by atoms with E-state index in [1.807, 2.05) is 0 Å². The number of rotatable bonds is 0. The van der Waals surface area contributed by atoms with Crippen LogP contribution in [0.1, 0.15) is 19.3 Å². The molecule has 0 aromatic rings. The maximum absolute atomic E-state index is 5.94. The lowest BCUT2D eigenvalue weighted by molar-refractivity contribution is -0.0747. The van der Waals surface area contributed by atoms with Crippen LogP contribution in [-0.2, 0) is 4.74 Å². The van der Waals surface area contributed by atoms with Crippen LogP contribution in [0.15, 0.2) is 0 Å². The van der Waals surface area contributed by atoms with Crippen molar-refractivity contribution in [3.63, 3.8) is 0 Å². The minimum absolute atomic E-state index is 0.117. The molecule has 2 heterocycles. The first-order valence-electron chi connectivity index (χ1n) is 4.78. The smallest absolute Gasteiger partial charge is 0.0835 e. The summed E-state index contributed by atoms with van der Waals surface area (Å²) >= 11 is 0. The van der Waals surface area contributed by atoms with Crippen molar-refractivity contribution in [2.45, 2.75) is 30.9 Å². The highest BCUT2D eigenvalue weighted by Crippen LogP contribution is 2.32. The summed E-state index contributed by atoms with van der Waals surface area (Å²) < 4.78 is 5.85. The van der Waals surface area contributed by atoms with Gasteiger partial charge in [0.1, 0.15) is 0 Å². The third-order valence-corrected chi connectivity index (χ3v) is 3.04. The zero-order valence-corrected chi connectivity index (χ0v) is 7.75. The number of likely N-dealkylation sites (tertiary alicyclic amines) is 1. The predicted octanol–water partition coefficient (Wildman–Crippen LogP) is 0.198. The summed E-state index contributed by atoms with van der Waals surface area (Å²) in [6, 6.07) is 0.366. The van der Waals surface area contributed by atoms with E-state index in [2.05, 4.69) is 11.9 Å². The Morgan fingerprint density at radius 2 is 2.42 bits per heavy atom. The van der Waals surface area contributed by atoms with E-state index in [9.17, 15) is 0 Å². The van der Waals surface area contributed by atoms with Crippen molar-refractivity contribution in [1.29, 1.82) is 0 Å². The number of ether oxygens (including phenoxy) is 1. The van der Waals surface area contributed by atoms with Crippen molar-refractivity contribution in [2.24, 2.45) is 5.73 Å². The second-order valence-corrected chi connectivity index (χ2v) is 4.27. The molecule has 0 radical (unpaired) electrons. The number of likely N-dealkylation sites (N-methyl/N-ethyl adjacent to an activating group) is 1. The number of hydrogen-bond donors (Lipinski definition) is 1. The van der Waals surface area contributed by atoms with E-state index in [0.717, 1.165) is 39.0 Å². The van der Waals surface area contributed by atoms with Crippen LogP contribution in [0, 0.1) is 0 Å². The van der Waals surface area contributed by atoms with Crippen LogP contribution in [0.25, 0.3) is 0 Å². The average molecular weight is 170 g/mol. The Bertz CT molecular complexity index is 170. The Balaban J connectivity index is 2.00. The molecule has 2 aliphatic rings. The summed E-state index contributed by atoms with van der Waals surface area (Å²) in [5.41, 5.74) is 6.05. The fraction of sp³-hybridized carbons (Fsp3) is 1.00. The fourth-order valence-corrected chi connectivity index (χ4v) is 2.39. The van der Waals surface area contributed by atoms with Gasteiger partial charge in [-0.05, 0) is 26.3 Å². The molecule has 2 N–H and O–H groups in total. The van der Waals surface area contributed by atoms with Crippen molar-refractivity contribution in [2.75, 3.05) is 26.7 Å². The van der Waals surface area contributed by atoms with Gasteiger partial charge in [-0.3, -0.25) is 0 Å². The molecule has 3 nitrogen and oxygen atoms in total. The monoisotopic (exact) mass is 170 g/mol. The van der Waals surface area contributed by atoms with E-state index >= 15 is 0 Å². The van der Waals surface area contributed by atoms with Crippen molar-refractivity contribution < 1.29 is 4.74 Å². The molecule has 2 aliphatic heterocycles. The summed E-state index contributed by atoms with van der Waals surface area (Å²) in [6.45, 7) is 3.09. The van der Waals surface area contributed by atoms with Gasteiger partial charge in [0.2, 0.25) is 0 Å². The van der Waals surface area contributed by atoms with Gasteiger partial charge < -0.3 is 15.4 Å². The molecule has 0 aromatic heterocycles. The molecular weight excluding hydrogens is 152 g/mol. The van der Waals surface area contributed by atoms with Crippen LogP contribution in [0.2, 0.25) is 0 Å². The number of hydrogen-bond acceptors (Lipinski definition) is 3. The zero-order valence-electron chi connectivity index (χ0n) is 7.75. The molecule has 2 atom stereocenters. The minimum atomic E-state index is 0.117. The summed E-state index contributed by atoms with van der Waals surface area (Å²) in [5, 5.41) is 0. The molecule has 0 saturated carbocycles. The molecule has 12 heavy (non-hydrogen) atoms. The topological polar surface area (TPSA) is 38.5 Å². The van der Waals surface area contributed by atoms with Crippen LogP contribution in [0.3, 0.4) is 0 Å². The van der Waals surface area contributed by atoms with Gasteiger partial charge in [-0.25, -0.2) is 0 Å². The molecule has 70 valence electrons. The second-order valence-electron chi connectivity index (χ2n) is 4.27. The van der Waals surface area contributed by atoms with Gasteiger partial charge in [0.05, 0.1) is 5.60 Å². The highest BCUT2D eigenvalue weighted by atomic mass is 16.5. The highest BCUT2D eigenvalue weighted by molar-refractivity contribution is 4.95. The van der Waals surface area contributed by atoms with E-state index in [0.29, 0.717) is 6.04 Å². The highest BCUT2D eigenvalue weighted by Gasteiger charge is 2.41. The van der Waals surface area contributed by atoms with Crippen molar-refractivity contribution in [3.05, 3.63) is 0 Å². The van der Waals surface area contributed by atoms with Gasteiger partial charge in [0.15, 0.2) is 0 Å². The summed E-state index contributed by atoms with van der Waals surface area (Å²) in [7, 11) is 2.15. The van der Waals surface area contributed by atoms with Crippen LogP contribution < -0.4 is 5.73 Å². The number of nitrogens with zero attached hydrogens (tertiary/aromatic N) is 1. The lowest BCUT2D eigenvalue weighted by Crippen LogP contribution is -2.46. The van der Waals surface area contributed by atoms with E-state index in [-0.39, 0.29) is 5.60 Å². The Morgan fingerprint density at radius 3 is 3.00 bits per heavy atom. The first-order chi connectivity index (χ1) is 5.70. The van der Waals surface area contributed by atoms with Gasteiger partial charge >= 0.3 is 0 Å². The van der Waals surface area contributed by atoms with E-state index in [1.165, 1.54) is 0 Å². The third kappa shape index (κ3) is 1.49. The summed E-state index contributed by atoms with van der Waals surface area (Å²) in [6.07, 6.45) is 3.25. The van der Waals surface area contributed by atoms with Gasteiger partial charge in [0.25, 0.3) is 0 Å². The zero-order chi connectivity index (χ0) is 8.60. The van der Waals surface area contributed by atoms with E-state index < -0.39 is 0 Å². The standard InChI is InChI=1S/C9H18N2O/c1-11-4-3-9(7-11)6-8(10)2-5-12-9/h8H,2-7,10H2,1H3/t8-,9+/m0/s1. The lowest BCUT2D eigenvalue weighted by atomic mass is 9.90. The second kappa shape index (κ2) is 2.98.